The van der Waals surface area contributed by atoms with Gasteiger partial charge in [0.2, 0.25) is 0 Å². The first-order valence-corrected chi connectivity index (χ1v) is 11.2. The predicted octanol–water partition coefficient (Wildman–Crippen LogP) is 6.65. The lowest BCUT2D eigenvalue weighted by Gasteiger charge is -2.16. The number of pyridine rings is 1. The van der Waals surface area contributed by atoms with Crippen molar-refractivity contribution in [3.63, 3.8) is 0 Å². The summed E-state index contributed by atoms with van der Waals surface area (Å²) in [7, 11) is 0. The lowest BCUT2D eigenvalue weighted by atomic mass is 9.98. The van der Waals surface area contributed by atoms with Gasteiger partial charge in [-0.1, -0.05) is 0 Å². The molecule has 0 bridgehead atoms. The van der Waals surface area contributed by atoms with Crippen LogP contribution in [0.15, 0.2) is 56.7 Å². The van der Waals surface area contributed by atoms with Crippen LogP contribution >= 0.6 is 0 Å². The van der Waals surface area contributed by atoms with Crippen LogP contribution in [0.4, 0.5) is 22.0 Å². The van der Waals surface area contributed by atoms with Gasteiger partial charge in [0.05, 0.1) is 17.0 Å². The zero-order valence-corrected chi connectivity index (χ0v) is 20.2. The highest BCUT2D eigenvalue weighted by Crippen LogP contribution is 2.37. The normalized spacial score (nSPS) is 12.8. The van der Waals surface area contributed by atoms with Gasteiger partial charge in [0.15, 0.2) is 22.8 Å². The Morgan fingerprint density at radius 2 is 1.79 bits per heavy atom. The molecule has 4 aromatic rings. The van der Waals surface area contributed by atoms with E-state index in [9.17, 15) is 36.6 Å². The Kier molecular flexibility index (Phi) is 6.88. The monoisotopic (exact) mass is 530 g/mol. The number of hydrogen-bond acceptors (Lipinski definition) is 5. The molecule has 1 N–H and O–H groups in total. The molecule has 196 valence electrons. The number of fused-ring (bicyclic) bond motifs is 1. The number of aromatic nitrogens is 1. The van der Waals surface area contributed by atoms with Crippen LogP contribution in [0, 0.1) is 25.5 Å². The quantitative estimate of drug-likeness (QED) is 0.231. The van der Waals surface area contributed by atoms with Crippen LogP contribution in [0.1, 0.15) is 51.4 Å². The number of alkyl halides is 3. The summed E-state index contributed by atoms with van der Waals surface area (Å²) >= 11 is 0. The number of aliphatic imine (C=N–C) groups is 1. The van der Waals surface area contributed by atoms with Gasteiger partial charge in [-0.25, -0.2) is 18.6 Å². The first-order valence-electron chi connectivity index (χ1n) is 11.2. The molecule has 2 heterocycles. The van der Waals surface area contributed by atoms with Crippen molar-refractivity contribution < 1.29 is 36.3 Å². The fourth-order valence-corrected chi connectivity index (χ4v) is 3.92. The van der Waals surface area contributed by atoms with Crippen molar-refractivity contribution in [3.05, 3.63) is 98.0 Å². The summed E-state index contributed by atoms with van der Waals surface area (Å²) in [5.41, 5.74) is -2.06. The van der Waals surface area contributed by atoms with E-state index in [4.69, 9.17) is 4.42 Å². The summed E-state index contributed by atoms with van der Waals surface area (Å²) in [6.45, 7) is 4.34. The second kappa shape index (κ2) is 9.81. The Bertz CT molecular complexity index is 1680. The molecule has 4 rings (SSSR count). The lowest BCUT2D eigenvalue weighted by Crippen LogP contribution is -2.13. The molecule has 2 aromatic carbocycles. The molecular weight excluding hydrogens is 511 g/mol. The number of halogens is 5. The standard InChI is InChI=1S/C27H19F5N2O4/c1-12-4-5-16(22(34-12)26(36)37)11-33-14(3)18-9-17(27(30,31)32)10-19-23(35)13(2)24(38-25(18)19)15-6-7-20(28)21(29)8-15/h4-11,14H,1-3H3,(H,36,37). The minimum atomic E-state index is -4.80. The van der Waals surface area contributed by atoms with Crippen LogP contribution in [0.3, 0.4) is 0 Å². The van der Waals surface area contributed by atoms with Gasteiger partial charge in [-0.2, -0.15) is 13.2 Å². The highest BCUT2D eigenvalue weighted by atomic mass is 19.4. The molecule has 11 heteroatoms. The number of aryl methyl sites for hydroxylation is 1. The summed E-state index contributed by atoms with van der Waals surface area (Å²) in [5, 5.41) is 9.05. The number of rotatable bonds is 5. The molecule has 0 radical (unpaired) electrons. The maximum absolute atomic E-state index is 13.9. The molecule has 6 nitrogen and oxygen atoms in total. The van der Waals surface area contributed by atoms with E-state index >= 15 is 0 Å². The van der Waals surface area contributed by atoms with E-state index in [1.54, 1.807) is 13.0 Å². The van der Waals surface area contributed by atoms with Gasteiger partial charge >= 0.3 is 12.1 Å². The Balaban J connectivity index is 1.95. The minimum absolute atomic E-state index is 0.0132. The summed E-state index contributed by atoms with van der Waals surface area (Å²) in [6.07, 6.45) is -3.64. The fourth-order valence-electron chi connectivity index (χ4n) is 3.92. The van der Waals surface area contributed by atoms with Crippen molar-refractivity contribution in [2.24, 2.45) is 4.99 Å². The van der Waals surface area contributed by atoms with Gasteiger partial charge in [-0.05, 0) is 63.2 Å². The van der Waals surface area contributed by atoms with Gasteiger partial charge in [-0.15, -0.1) is 0 Å². The third-order valence-corrected chi connectivity index (χ3v) is 5.91. The molecule has 0 fully saturated rings. The average molecular weight is 530 g/mol. The van der Waals surface area contributed by atoms with Gasteiger partial charge in [0.1, 0.15) is 11.3 Å². The fraction of sp³-hybridized carbons (Fsp3) is 0.185. The Morgan fingerprint density at radius 1 is 1.08 bits per heavy atom. The number of hydrogen-bond donors (Lipinski definition) is 1. The molecule has 0 saturated heterocycles. The SMILES string of the molecule is Cc1ccc(C=NC(C)c2cc(C(F)(F)F)cc3c(=O)c(C)c(-c4ccc(F)c(F)c4)oc23)c(C(=O)O)n1. The summed E-state index contributed by atoms with van der Waals surface area (Å²) < 4.78 is 74.4. The van der Waals surface area contributed by atoms with E-state index in [1.165, 1.54) is 26.0 Å². The predicted molar refractivity (Wildman–Crippen MR) is 130 cm³/mol. The highest BCUT2D eigenvalue weighted by Gasteiger charge is 2.33. The number of benzene rings is 2. The lowest BCUT2D eigenvalue weighted by molar-refractivity contribution is -0.137. The molecule has 2 aromatic heterocycles. The molecule has 0 aliphatic rings. The zero-order chi connectivity index (χ0) is 27.9. The van der Waals surface area contributed by atoms with E-state index in [-0.39, 0.29) is 44.7 Å². The summed E-state index contributed by atoms with van der Waals surface area (Å²) in [4.78, 5) is 32.9. The van der Waals surface area contributed by atoms with E-state index < -0.39 is 40.8 Å². The van der Waals surface area contributed by atoms with Crippen LogP contribution < -0.4 is 5.43 Å². The average Bonchev–Trinajstić information content (AvgIpc) is 2.85. The first kappa shape index (κ1) is 26.6. The van der Waals surface area contributed by atoms with Crippen molar-refractivity contribution in [1.29, 1.82) is 0 Å². The molecule has 38 heavy (non-hydrogen) atoms. The topological polar surface area (TPSA) is 92.8 Å². The van der Waals surface area contributed by atoms with Gasteiger partial charge in [0.25, 0.3) is 0 Å². The summed E-state index contributed by atoms with van der Waals surface area (Å²) in [6, 6.07) is 6.23. The first-order chi connectivity index (χ1) is 17.8. The van der Waals surface area contributed by atoms with Gasteiger partial charge in [-0.3, -0.25) is 9.79 Å². The number of carboxylic acid groups (broad SMARTS) is 1. The molecule has 0 aliphatic carbocycles. The zero-order valence-electron chi connectivity index (χ0n) is 20.2. The van der Waals surface area contributed by atoms with E-state index in [0.29, 0.717) is 11.8 Å². The third-order valence-electron chi connectivity index (χ3n) is 5.91. The van der Waals surface area contributed by atoms with Crippen molar-refractivity contribution in [2.45, 2.75) is 33.0 Å². The van der Waals surface area contributed by atoms with E-state index in [0.717, 1.165) is 24.4 Å². The van der Waals surface area contributed by atoms with E-state index in [1.807, 2.05) is 0 Å². The van der Waals surface area contributed by atoms with Crippen LogP contribution in [0.2, 0.25) is 0 Å². The van der Waals surface area contributed by atoms with Crippen LogP contribution in [-0.2, 0) is 6.18 Å². The molecule has 0 spiro atoms. The van der Waals surface area contributed by atoms with Crippen LogP contribution in [0.5, 0.6) is 0 Å². The Labute approximate surface area is 212 Å². The third kappa shape index (κ3) is 5.04. The van der Waals surface area contributed by atoms with Crippen LogP contribution in [-0.4, -0.2) is 22.3 Å². The number of carbonyl (C=O) groups is 1. The van der Waals surface area contributed by atoms with E-state index in [2.05, 4.69) is 9.98 Å². The molecule has 0 aliphatic heterocycles. The largest absolute Gasteiger partial charge is 0.476 e. The second-order valence-electron chi connectivity index (χ2n) is 8.60. The molecule has 1 atom stereocenters. The number of nitrogens with zero attached hydrogens (tertiary/aromatic N) is 2. The second-order valence-corrected chi connectivity index (χ2v) is 8.60. The number of carboxylic acids is 1. The maximum Gasteiger partial charge on any atom is 0.416 e. The molecule has 0 amide bonds. The smallest absolute Gasteiger partial charge is 0.416 e. The van der Waals surface area contributed by atoms with Crippen molar-refractivity contribution in [1.82, 2.24) is 4.98 Å². The van der Waals surface area contributed by atoms with Crippen LogP contribution in [0.25, 0.3) is 22.3 Å². The highest BCUT2D eigenvalue weighted by molar-refractivity contribution is 5.97. The van der Waals surface area contributed by atoms with Crippen molar-refractivity contribution in [3.8, 4) is 11.3 Å². The maximum atomic E-state index is 13.9. The molecule has 0 saturated carbocycles. The van der Waals surface area contributed by atoms with Gasteiger partial charge in [0, 0.05) is 34.2 Å². The molecular formula is C27H19F5N2O4. The minimum Gasteiger partial charge on any atom is -0.476 e. The van der Waals surface area contributed by atoms with Gasteiger partial charge < -0.3 is 9.52 Å². The molecule has 1 unspecified atom stereocenters. The number of aromatic carboxylic acids is 1. The van der Waals surface area contributed by atoms with Crippen molar-refractivity contribution >= 4 is 23.2 Å². The summed E-state index contributed by atoms with van der Waals surface area (Å²) in [5.74, 6) is -3.78. The Hall–Kier alpha value is -4.41. The Morgan fingerprint density at radius 3 is 2.42 bits per heavy atom. The van der Waals surface area contributed by atoms with Crippen molar-refractivity contribution in [2.75, 3.05) is 0 Å².